The first kappa shape index (κ1) is 88.3. The molecule has 21 nitrogen and oxygen atoms in total. The van der Waals surface area contributed by atoms with Gasteiger partial charge in [-0.2, -0.15) is 0 Å². The molecule has 5 aliphatic heterocycles. The molecule has 21 heteroatoms. The van der Waals surface area contributed by atoms with Crippen molar-refractivity contribution in [1.29, 1.82) is 0 Å². The Hall–Kier alpha value is -5.34. The van der Waals surface area contributed by atoms with E-state index in [4.69, 9.17) is 28.4 Å². The molecule has 0 spiro atoms. The number of hydrogen-bond acceptors (Lipinski definition) is 16. The van der Waals surface area contributed by atoms with Crippen LogP contribution in [-0.2, 0) is 76.4 Å². The van der Waals surface area contributed by atoms with Gasteiger partial charge in [0.05, 0.1) is 103 Å². The average molecular weight is 1450 g/mol. The highest BCUT2D eigenvalue weighted by Crippen LogP contribution is 2.43. The summed E-state index contributed by atoms with van der Waals surface area (Å²) in [7, 11) is 8.66. The quantitative estimate of drug-likeness (QED) is 0.0577. The van der Waals surface area contributed by atoms with E-state index >= 15 is 0 Å². The van der Waals surface area contributed by atoms with Crippen LogP contribution in [0.2, 0.25) is 0 Å². The fraction of sp³-hybridized carbons (Fsp3) is 0.878. The van der Waals surface area contributed by atoms with Crippen molar-refractivity contribution in [2.75, 3.05) is 75.4 Å². The Labute approximate surface area is 620 Å². The van der Waals surface area contributed by atoms with Gasteiger partial charge in [0.15, 0.2) is 0 Å². The van der Waals surface area contributed by atoms with Crippen molar-refractivity contribution in [2.24, 2.45) is 88.8 Å². The number of amides is 5. The summed E-state index contributed by atoms with van der Waals surface area (Å²) >= 11 is 0. The lowest BCUT2D eigenvalue weighted by Gasteiger charge is -2.37. The molecule has 5 saturated heterocycles. The zero-order valence-electron chi connectivity index (χ0n) is 67.2. The summed E-state index contributed by atoms with van der Waals surface area (Å²) in [5.74, 6) is 2.45. The molecule has 4 aliphatic carbocycles. The number of nitrogens with zero attached hydrogens (tertiary/aromatic N) is 5. The Balaban J connectivity index is 0.000000232. The molecule has 5 amide bonds. The molecule has 4 saturated carbocycles. The average Bonchev–Trinajstić information content (AvgIpc) is 1.76. The maximum absolute atomic E-state index is 13.1. The van der Waals surface area contributed by atoms with Crippen LogP contribution in [0.4, 0.5) is 0 Å². The predicted octanol–water partition coefficient (Wildman–Crippen LogP) is 13.3. The van der Waals surface area contributed by atoms with E-state index in [-0.39, 0.29) is 139 Å². The van der Waals surface area contributed by atoms with Crippen LogP contribution in [0.1, 0.15) is 263 Å². The minimum Gasteiger partial charge on any atom is -0.469 e. The maximum atomic E-state index is 13.1. The molecule has 5 heterocycles. The fourth-order valence-corrected chi connectivity index (χ4v) is 18.0. The van der Waals surface area contributed by atoms with E-state index in [0.717, 1.165) is 135 Å². The van der Waals surface area contributed by atoms with Gasteiger partial charge in [0.1, 0.15) is 0 Å². The normalized spacial score (nSPS) is 24.4. The van der Waals surface area contributed by atoms with Crippen molar-refractivity contribution in [3.05, 3.63) is 0 Å². The van der Waals surface area contributed by atoms with Gasteiger partial charge < -0.3 is 52.9 Å². The van der Waals surface area contributed by atoms with Crippen LogP contribution in [0.25, 0.3) is 0 Å². The van der Waals surface area contributed by atoms with Crippen LogP contribution in [0.15, 0.2) is 0 Å². The summed E-state index contributed by atoms with van der Waals surface area (Å²) in [4.78, 5) is 133. The Morgan fingerprint density at radius 1 is 0.291 bits per heavy atom. The molecule has 0 bridgehead atoms. The van der Waals surface area contributed by atoms with E-state index in [9.17, 15) is 47.9 Å². The molecular weight excluding hydrogens is 1310 g/mol. The number of likely N-dealkylation sites (tertiary alicyclic amines) is 5. The zero-order chi connectivity index (χ0) is 76.4. The Morgan fingerprint density at radius 3 is 0.786 bits per heavy atom. The zero-order valence-corrected chi connectivity index (χ0v) is 67.2. The van der Waals surface area contributed by atoms with Crippen molar-refractivity contribution in [3.8, 4) is 0 Å². The van der Waals surface area contributed by atoms with Crippen molar-refractivity contribution in [2.45, 2.75) is 299 Å². The highest BCUT2D eigenvalue weighted by atomic mass is 16.5. The summed E-state index contributed by atoms with van der Waals surface area (Å²) in [6.45, 7) is 29.6. The molecule has 0 aromatic heterocycles. The van der Waals surface area contributed by atoms with Crippen LogP contribution >= 0.6 is 0 Å². The molecule has 9 aliphatic rings. The predicted molar refractivity (Wildman–Crippen MR) is 398 cm³/mol. The van der Waals surface area contributed by atoms with Gasteiger partial charge in [-0.15, -0.1) is 0 Å². The largest absolute Gasteiger partial charge is 0.469 e. The van der Waals surface area contributed by atoms with Gasteiger partial charge in [0.2, 0.25) is 29.5 Å². The first-order valence-electron chi connectivity index (χ1n) is 40.4. The number of carbonyl (C=O) groups excluding carboxylic acids is 10. The summed E-state index contributed by atoms with van der Waals surface area (Å²) in [5.41, 5.74) is 0. The van der Waals surface area contributed by atoms with Crippen molar-refractivity contribution >= 4 is 59.4 Å². The van der Waals surface area contributed by atoms with E-state index in [1.165, 1.54) is 74.1 Å². The molecule has 9 fully saturated rings. The highest BCUT2D eigenvalue weighted by Gasteiger charge is 2.46. The monoisotopic (exact) mass is 1450 g/mol. The molecule has 0 radical (unpaired) electrons. The second kappa shape index (κ2) is 44.1. The molecule has 0 aromatic rings. The number of ether oxygens (including phenoxy) is 6. The van der Waals surface area contributed by atoms with Gasteiger partial charge in [0.25, 0.3) is 0 Å². The number of methoxy groups -OCH3 is 6. The lowest BCUT2D eigenvalue weighted by Crippen LogP contribution is -2.45. The Bertz CT molecular complexity index is 2660. The van der Waals surface area contributed by atoms with E-state index in [1.807, 2.05) is 28.5 Å². The lowest BCUT2D eigenvalue weighted by atomic mass is 9.73. The van der Waals surface area contributed by atoms with E-state index in [1.54, 1.807) is 7.11 Å². The van der Waals surface area contributed by atoms with Gasteiger partial charge in [-0.25, -0.2) is 0 Å². The van der Waals surface area contributed by atoms with Crippen LogP contribution in [0.3, 0.4) is 0 Å². The number of hydrogen-bond donors (Lipinski definition) is 0. The summed E-state index contributed by atoms with van der Waals surface area (Å²) in [5, 5.41) is 0. The third kappa shape index (κ3) is 26.0. The molecule has 590 valence electrons. The van der Waals surface area contributed by atoms with Gasteiger partial charge in [0, 0.05) is 70.0 Å². The Kier molecular flexibility index (Phi) is 37.8. The van der Waals surface area contributed by atoms with Gasteiger partial charge in [-0.1, -0.05) is 122 Å². The SMILES string of the molecule is COC(=O)C[C@H](C(=O)N1CCC[C@H]1C(C)C)C1CC1.COC(=O)C[C@H](C(=O)N1CCC[C@H]1C(C)C)C1CCC1.COC(=O)C[C@H](C(=O)N1CCC[C@H]1C(C)C)C1CCCC1.COC(=O)C[C@H](C(=O)N1CCC[C@H]1C(C)C)C1CCCCC1.COC(=O)C[C@H](C(=O)N1C[C@@H](OC)C[C@H]1C(C)C)C(C)C. The van der Waals surface area contributed by atoms with Crippen molar-refractivity contribution in [3.63, 3.8) is 0 Å². The van der Waals surface area contributed by atoms with E-state index in [0.29, 0.717) is 84.0 Å². The molecule has 11 atom stereocenters. The second-order valence-corrected chi connectivity index (χ2v) is 33.5. The minimum atomic E-state index is -0.328. The van der Waals surface area contributed by atoms with Crippen LogP contribution < -0.4 is 0 Å². The molecule has 0 N–H and O–H groups in total. The van der Waals surface area contributed by atoms with Crippen molar-refractivity contribution in [1.82, 2.24) is 24.5 Å². The topological polar surface area (TPSA) is 242 Å². The number of carbonyl (C=O) groups is 10. The second-order valence-electron chi connectivity index (χ2n) is 33.5. The van der Waals surface area contributed by atoms with Crippen LogP contribution in [0, 0.1) is 88.8 Å². The van der Waals surface area contributed by atoms with E-state index in [2.05, 4.69) is 79.0 Å². The van der Waals surface area contributed by atoms with Crippen LogP contribution in [0.5, 0.6) is 0 Å². The minimum absolute atomic E-state index is 0.0497. The fourth-order valence-electron chi connectivity index (χ4n) is 18.0. The third-order valence-electron chi connectivity index (χ3n) is 24.7. The first-order chi connectivity index (χ1) is 49.0. The maximum Gasteiger partial charge on any atom is 0.306 e. The first-order valence-corrected chi connectivity index (χ1v) is 40.4. The third-order valence-corrected chi connectivity index (χ3v) is 24.7. The van der Waals surface area contributed by atoms with Gasteiger partial charge in [-0.3, -0.25) is 47.9 Å². The number of esters is 5. The molecule has 0 unspecified atom stereocenters. The molecule has 9 rings (SSSR count). The Morgan fingerprint density at radius 2 is 0.553 bits per heavy atom. The highest BCUT2D eigenvalue weighted by molar-refractivity contribution is 5.87. The molecule has 103 heavy (non-hydrogen) atoms. The molecule has 0 aromatic carbocycles. The van der Waals surface area contributed by atoms with Gasteiger partial charge >= 0.3 is 29.8 Å². The summed E-state index contributed by atoms with van der Waals surface area (Å²) in [6, 6.07) is 1.57. The smallest absolute Gasteiger partial charge is 0.306 e. The standard InChI is InChI=1S/C18H31NO3.C17H29NO3.C16H29NO4.C16H27NO3.C15H25NO3/c1-13(2)16-10-7-11-19(16)18(21)15(12-17(20)22-3)14-8-5-4-6-9-14;1-12(2)15-9-6-10-18(15)17(20)14(11-16(19)21-3)13-7-4-5-8-13;1-10(2)13(8-15(18)21-6)16(19)17-9-12(20-5)7-14(17)11(3)4;1-11(2)14-8-5-9-17(14)16(19)13(10-15(18)20-3)12-6-4-7-12;1-10(2)13-5-4-8-16(13)15(18)12(11-6-7-11)9-14(17)19-3/h13-16H,4-12H2,1-3H3;12-15H,4-11H2,1-3H3;10-14H,7-9H2,1-6H3;11-14H,4-10H2,1-3H3;10-13H,4-9H2,1-3H3/t15-,16-;14-,15-;12-,13-,14-;13-,14-;12-,13-/m00000/s1. The van der Waals surface area contributed by atoms with E-state index < -0.39 is 0 Å². The molecular formula is C82H141N5O16. The van der Waals surface area contributed by atoms with Crippen LogP contribution in [-0.4, -0.2) is 196 Å². The summed E-state index contributed by atoms with van der Waals surface area (Å²) < 4.78 is 29.3. The van der Waals surface area contributed by atoms with Crippen molar-refractivity contribution < 1.29 is 76.4 Å². The summed E-state index contributed by atoms with van der Waals surface area (Å²) in [6.07, 6.45) is 26.6. The van der Waals surface area contributed by atoms with Gasteiger partial charge in [-0.05, 0) is 168 Å². The number of rotatable bonds is 26. The lowest BCUT2D eigenvalue weighted by molar-refractivity contribution is -0.150.